The lowest BCUT2D eigenvalue weighted by atomic mass is 10.3. The molecule has 2 heterocycles. The molecule has 92 valence electrons. The quantitative estimate of drug-likeness (QED) is 0.714. The maximum absolute atomic E-state index is 13.4. The van der Waals surface area contributed by atoms with E-state index in [1.54, 1.807) is 12.3 Å². The third kappa shape index (κ3) is 1.91. The molecule has 0 fully saturated rings. The molecule has 0 unspecified atom stereocenters. The molecule has 0 spiro atoms. The van der Waals surface area contributed by atoms with Gasteiger partial charge in [-0.05, 0) is 46.3 Å². The van der Waals surface area contributed by atoms with Crippen LogP contribution < -0.4 is 0 Å². The van der Waals surface area contributed by atoms with E-state index >= 15 is 0 Å². The molecule has 18 heavy (non-hydrogen) atoms. The molecule has 3 aromatic rings. The molecule has 0 radical (unpaired) electrons. The van der Waals surface area contributed by atoms with Crippen LogP contribution in [0, 0.1) is 10.6 Å². The van der Waals surface area contributed by atoms with Gasteiger partial charge in [0.15, 0.2) is 4.77 Å². The van der Waals surface area contributed by atoms with E-state index in [1.807, 2.05) is 16.7 Å². The zero-order valence-corrected chi connectivity index (χ0v) is 11.5. The molecule has 0 saturated heterocycles. The van der Waals surface area contributed by atoms with Crippen molar-refractivity contribution < 1.29 is 8.81 Å². The van der Waals surface area contributed by atoms with Gasteiger partial charge in [-0.3, -0.25) is 0 Å². The van der Waals surface area contributed by atoms with Crippen molar-refractivity contribution in [3.8, 4) is 0 Å². The standard InChI is InChI=1S/C12H8BrFN2OS/c13-8-4-11-10(5-9(8)14)15-12(18)16(11)6-7-2-1-3-17-7/h1-5H,6H2,(H,15,18). The second-order valence-corrected chi connectivity index (χ2v) is 5.12. The molecule has 0 aliphatic rings. The predicted molar refractivity (Wildman–Crippen MR) is 72.6 cm³/mol. The first kappa shape index (κ1) is 11.7. The fourth-order valence-electron chi connectivity index (χ4n) is 1.87. The molecule has 1 aromatic carbocycles. The third-order valence-electron chi connectivity index (χ3n) is 2.71. The normalized spacial score (nSPS) is 11.2. The Balaban J connectivity index is 2.19. The van der Waals surface area contributed by atoms with Crippen molar-refractivity contribution in [2.24, 2.45) is 0 Å². The van der Waals surface area contributed by atoms with Gasteiger partial charge in [0.05, 0.1) is 28.3 Å². The van der Waals surface area contributed by atoms with Crippen LogP contribution in [0.5, 0.6) is 0 Å². The van der Waals surface area contributed by atoms with Crippen molar-refractivity contribution in [1.29, 1.82) is 0 Å². The Labute approximate surface area is 115 Å². The first-order chi connectivity index (χ1) is 8.65. The Morgan fingerprint density at radius 1 is 1.44 bits per heavy atom. The number of hydrogen-bond donors (Lipinski definition) is 1. The highest BCUT2D eigenvalue weighted by Gasteiger charge is 2.10. The molecule has 6 heteroatoms. The number of nitrogens with one attached hydrogen (secondary N) is 1. The first-order valence-electron chi connectivity index (χ1n) is 5.25. The van der Waals surface area contributed by atoms with Gasteiger partial charge in [-0.15, -0.1) is 0 Å². The number of halogens is 2. The predicted octanol–water partition coefficient (Wildman–Crippen LogP) is 4.24. The SMILES string of the molecule is Fc1cc2[nH]c(=S)n(Cc3ccco3)c2cc1Br. The van der Waals surface area contributed by atoms with E-state index in [0.717, 1.165) is 11.3 Å². The van der Waals surface area contributed by atoms with Gasteiger partial charge in [-0.1, -0.05) is 0 Å². The van der Waals surface area contributed by atoms with E-state index in [4.69, 9.17) is 16.6 Å². The lowest BCUT2D eigenvalue weighted by Gasteiger charge is -2.02. The van der Waals surface area contributed by atoms with Crippen LogP contribution in [-0.2, 0) is 6.54 Å². The minimum Gasteiger partial charge on any atom is -0.467 e. The van der Waals surface area contributed by atoms with Gasteiger partial charge in [0.1, 0.15) is 11.6 Å². The summed E-state index contributed by atoms with van der Waals surface area (Å²) in [7, 11) is 0. The minimum absolute atomic E-state index is 0.316. The molecule has 0 saturated carbocycles. The van der Waals surface area contributed by atoms with Crippen molar-refractivity contribution >= 4 is 39.2 Å². The average molecular weight is 327 g/mol. The summed E-state index contributed by atoms with van der Waals surface area (Å²) in [5, 5.41) is 0. The number of imidazole rings is 1. The summed E-state index contributed by atoms with van der Waals surface area (Å²) in [6, 6.07) is 6.83. The van der Waals surface area contributed by atoms with E-state index in [0.29, 0.717) is 21.3 Å². The molecule has 0 aliphatic heterocycles. The van der Waals surface area contributed by atoms with Crippen LogP contribution in [0.15, 0.2) is 39.4 Å². The van der Waals surface area contributed by atoms with Crippen LogP contribution in [-0.4, -0.2) is 9.55 Å². The Morgan fingerprint density at radius 2 is 2.28 bits per heavy atom. The second kappa shape index (κ2) is 4.37. The van der Waals surface area contributed by atoms with Crippen molar-refractivity contribution in [2.75, 3.05) is 0 Å². The molecule has 0 amide bonds. The van der Waals surface area contributed by atoms with Gasteiger partial charge in [0.25, 0.3) is 0 Å². The Morgan fingerprint density at radius 3 is 3.00 bits per heavy atom. The van der Waals surface area contributed by atoms with Gasteiger partial charge in [-0.25, -0.2) is 4.39 Å². The topological polar surface area (TPSA) is 33.9 Å². The van der Waals surface area contributed by atoms with Crippen LogP contribution in [0.25, 0.3) is 11.0 Å². The number of hydrogen-bond acceptors (Lipinski definition) is 2. The van der Waals surface area contributed by atoms with E-state index < -0.39 is 0 Å². The average Bonchev–Trinajstić information content (AvgIpc) is 2.92. The van der Waals surface area contributed by atoms with Gasteiger partial charge < -0.3 is 14.0 Å². The van der Waals surface area contributed by atoms with Crippen LogP contribution >= 0.6 is 28.1 Å². The van der Waals surface area contributed by atoms with Crippen LogP contribution in [0.1, 0.15) is 5.76 Å². The fraction of sp³-hybridized carbons (Fsp3) is 0.0833. The number of rotatable bonds is 2. The largest absolute Gasteiger partial charge is 0.467 e. The number of aromatic nitrogens is 2. The maximum Gasteiger partial charge on any atom is 0.178 e. The summed E-state index contributed by atoms with van der Waals surface area (Å²) in [4.78, 5) is 2.98. The van der Waals surface area contributed by atoms with Crippen molar-refractivity contribution in [3.05, 3.63) is 51.3 Å². The molecule has 3 nitrogen and oxygen atoms in total. The van der Waals surface area contributed by atoms with Gasteiger partial charge in [0.2, 0.25) is 0 Å². The smallest absolute Gasteiger partial charge is 0.178 e. The molecule has 0 aliphatic carbocycles. The number of furan rings is 1. The molecule has 3 rings (SSSR count). The number of nitrogens with zero attached hydrogens (tertiary/aromatic N) is 1. The summed E-state index contributed by atoms with van der Waals surface area (Å²) in [5.41, 5.74) is 1.51. The van der Waals surface area contributed by atoms with E-state index in [1.165, 1.54) is 6.07 Å². The molecule has 1 N–H and O–H groups in total. The van der Waals surface area contributed by atoms with Gasteiger partial charge >= 0.3 is 0 Å². The van der Waals surface area contributed by atoms with E-state index in [9.17, 15) is 4.39 Å². The summed E-state index contributed by atoms with van der Waals surface area (Å²) in [5.74, 6) is 0.483. The Kier molecular flexibility index (Phi) is 2.83. The molecule has 2 aromatic heterocycles. The molecule has 0 bridgehead atoms. The van der Waals surface area contributed by atoms with Crippen LogP contribution in [0.2, 0.25) is 0 Å². The van der Waals surface area contributed by atoms with E-state index in [2.05, 4.69) is 20.9 Å². The number of benzene rings is 1. The van der Waals surface area contributed by atoms with Gasteiger partial charge in [0, 0.05) is 6.07 Å². The lowest BCUT2D eigenvalue weighted by molar-refractivity contribution is 0.495. The van der Waals surface area contributed by atoms with Crippen molar-refractivity contribution in [2.45, 2.75) is 6.54 Å². The minimum atomic E-state index is -0.316. The first-order valence-corrected chi connectivity index (χ1v) is 6.45. The fourth-order valence-corrected chi connectivity index (χ4v) is 2.47. The van der Waals surface area contributed by atoms with Crippen LogP contribution in [0.4, 0.5) is 4.39 Å². The highest BCUT2D eigenvalue weighted by molar-refractivity contribution is 9.10. The molecule has 0 atom stereocenters. The number of fused-ring (bicyclic) bond motifs is 1. The highest BCUT2D eigenvalue weighted by atomic mass is 79.9. The number of aromatic amines is 1. The zero-order chi connectivity index (χ0) is 12.7. The third-order valence-corrected chi connectivity index (χ3v) is 3.64. The summed E-state index contributed by atoms with van der Waals surface area (Å²) < 4.78 is 21.6. The maximum atomic E-state index is 13.4. The van der Waals surface area contributed by atoms with Gasteiger partial charge in [-0.2, -0.15) is 0 Å². The molecular weight excluding hydrogens is 319 g/mol. The number of H-pyrrole nitrogens is 1. The second-order valence-electron chi connectivity index (χ2n) is 3.88. The highest BCUT2D eigenvalue weighted by Crippen LogP contribution is 2.24. The molecular formula is C12H8BrFN2OS. The zero-order valence-electron chi connectivity index (χ0n) is 9.11. The lowest BCUT2D eigenvalue weighted by Crippen LogP contribution is -1.98. The van der Waals surface area contributed by atoms with E-state index in [-0.39, 0.29) is 5.82 Å². The Hall–Kier alpha value is -1.40. The van der Waals surface area contributed by atoms with Crippen molar-refractivity contribution in [3.63, 3.8) is 0 Å². The van der Waals surface area contributed by atoms with Crippen LogP contribution in [0.3, 0.4) is 0 Å². The Bertz CT molecular complexity index is 760. The summed E-state index contributed by atoms with van der Waals surface area (Å²) in [6.07, 6.45) is 1.61. The monoisotopic (exact) mass is 326 g/mol. The summed E-state index contributed by atoms with van der Waals surface area (Å²) >= 11 is 8.42. The summed E-state index contributed by atoms with van der Waals surface area (Å²) in [6.45, 7) is 0.518. The van der Waals surface area contributed by atoms with Crippen molar-refractivity contribution in [1.82, 2.24) is 9.55 Å².